The third kappa shape index (κ3) is 7.82. The SMILES string of the molecule is CN=C(NCCS(=O)Cc1ccccc1)NCc1cc(Cl)ccc1OC(F)F. The van der Waals surface area contributed by atoms with Crippen LogP contribution < -0.4 is 15.4 Å². The minimum absolute atomic E-state index is 0.0475. The number of nitrogens with zero attached hydrogens (tertiary/aromatic N) is 1. The Kier molecular flexibility index (Phi) is 9.16. The van der Waals surface area contributed by atoms with Crippen molar-refractivity contribution in [2.45, 2.75) is 18.9 Å². The van der Waals surface area contributed by atoms with Crippen LogP contribution in [-0.4, -0.2) is 36.1 Å². The van der Waals surface area contributed by atoms with Gasteiger partial charge in [0.15, 0.2) is 5.96 Å². The Balaban J connectivity index is 1.82. The van der Waals surface area contributed by atoms with E-state index in [2.05, 4.69) is 20.4 Å². The van der Waals surface area contributed by atoms with E-state index in [0.717, 1.165) is 5.56 Å². The fourth-order valence-electron chi connectivity index (χ4n) is 2.41. The second kappa shape index (κ2) is 11.6. The molecule has 0 fully saturated rings. The number of hydrogen-bond donors (Lipinski definition) is 2. The molecular formula is C19H22ClF2N3O2S. The van der Waals surface area contributed by atoms with Gasteiger partial charge in [-0.2, -0.15) is 8.78 Å². The molecule has 0 radical (unpaired) electrons. The van der Waals surface area contributed by atoms with E-state index < -0.39 is 17.4 Å². The summed E-state index contributed by atoms with van der Waals surface area (Å²) in [6, 6.07) is 14.1. The average molecular weight is 430 g/mol. The standard InChI is InChI=1S/C19H22ClF2N3O2S/c1-23-19(24-9-10-28(26)13-14-5-3-2-4-6-14)25-12-15-11-16(20)7-8-17(15)27-18(21)22/h2-8,11,18H,9-10,12-13H2,1H3,(H2,23,24,25). The molecule has 0 aliphatic rings. The van der Waals surface area contributed by atoms with E-state index in [1.54, 1.807) is 13.1 Å². The van der Waals surface area contributed by atoms with Crippen LogP contribution in [-0.2, 0) is 23.1 Å². The van der Waals surface area contributed by atoms with Crippen molar-refractivity contribution in [3.05, 3.63) is 64.7 Å². The molecule has 0 aromatic heterocycles. The lowest BCUT2D eigenvalue weighted by molar-refractivity contribution is -0.0504. The van der Waals surface area contributed by atoms with Gasteiger partial charge in [-0.3, -0.25) is 9.20 Å². The minimum Gasteiger partial charge on any atom is -0.434 e. The Bertz CT molecular complexity index is 807. The van der Waals surface area contributed by atoms with Crippen molar-refractivity contribution in [2.24, 2.45) is 4.99 Å². The van der Waals surface area contributed by atoms with Crippen LogP contribution in [0.25, 0.3) is 0 Å². The van der Waals surface area contributed by atoms with Gasteiger partial charge in [-0.05, 0) is 23.8 Å². The summed E-state index contributed by atoms with van der Waals surface area (Å²) < 4.78 is 41.7. The molecule has 9 heteroatoms. The van der Waals surface area contributed by atoms with Crippen molar-refractivity contribution in [2.75, 3.05) is 19.3 Å². The van der Waals surface area contributed by atoms with Gasteiger partial charge in [-0.15, -0.1) is 0 Å². The molecule has 2 aromatic carbocycles. The highest BCUT2D eigenvalue weighted by atomic mass is 35.5. The van der Waals surface area contributed by atoms with Crippen LogP contribution in [0.1, 0.15) is 11.1 Å². The average Bonchev–Trinajstić information content (AvgIpc) is 2.66. The zero-order chi connectivity index (χ0) is 20.4. The van der Waals surface area contributed by atoms with Gasteiger partial charge < -0.3 is 15.4 Å². The van der Waals surface area contributed by atoms with Gasteiger partial charge in [-0.25, -0.2) is 0 Å². The molecule has 2 rings (SSSR count). The molecule has 5 nitrogen and oxygen atoms in total. The molecule has 0 aliphatic heterocycles. The van der Waals surface area contributed by atoms with E-state index in [9.17, 15) is 13.0 Å². The van der Waals surface area contributed by atoms with Crippen molar-refractivity contribution < 1.29 is 17.7 Å². The lowest BCUT2D eigenvalue weighted by atomic mass is 10.2. The van der Waals surface area contributed by atoms with Gasteiger partial charge in [0.2, 0.25) is 0 Å². The summed E-state index contributed by atoms with van der Waals surface area (Å²) in [7, 11) is 0.579. The highest BCUT2D eigenvalue weighted by Crippen LogP contribution is 2.24. The van der Waals surface area contributed by atoms with Crippen molar-refractivity contribution >= 4 is 28.4 Å². The molecule has 0 saturated carbocycles. The zero-order valence-corrected chi connectivity index (χ0v) is 16.9. The Morgan fingerprint density at radius 1 is 1.21 bits per heavy atom. The highest BCUT2D eigenvalue weighted by Gasteiger charge is 2.11. The Hall–Kier alpha value is -2.19. The summed E-state index contributed by atoms with van der Waals surface area (Å²) in [5.41, 5.74) is 1.50. The summed E-state index contributed by atoms with van der Waals surface area (Å²) >= 11 is 5.94. The summed E-state index contributed by atoms with van der Waals surface area (Å²) in [6.45, 7) is -2.28. The number of guanidine groups is 1. The van der Waals surface area contributed by atoms with Gasteiger partial charge in [0.1, 0.15) is 5.75 Å². The number of nitrogens with one attached hydrogen (secondary N) is 2. The molecule has 0 spiro atoms. The maximum Gasteiger partial charge on any atom is 0.387 e. The minimum atomic E-state index is -2.92. The molecule has 0 aliphatic carbocycles. The van der Waals surface area contributed by atoms with Crippen molar-refractivity contribution in [1.82, 2.24) is 10.6 Å². The molecule has 0 saturated heterocycles. The Labute approximate surface area is 170 Å². The van der Waals surface area contributed by atoms with Gasteiger partial charge in [0, 0.05) is 53.0 Å². The smallest absolute Gasteiger partial charge is 0.387 e. The largest absolute Gasteiger partial charge is 0.434 e. The first kappa shape index (κ1) is 22.1. The number of halogens is 3. The normalized spacial score (nSPS) is 12.7. The maximum atomic E-state index is 12.5. The summed E-state index contributed by atoms with van der Waals surface area (Å²) in [4.78, 5) is 4.07. The summed E-state index contributed by atoms with van der Waals surface area (Å²) in [5, 5.41) is 6.48. The molecule has 2 aromatic rings. The van der Waals surface area contributed by atoms with E-state index in [1.165, 1.54) is 12.1 Å². The van der Waals surface area contributed by atoms with Gasteiger partial charge >= 0.3 is 6.61 Å². The number of rotatable bonds is 9. The second-order valence-corrected chi connectivity index (χ2v) is 7.77. The van der Waals surface area contributed by atoms with Crippen LogP contribution in [0, 0.1) is 0 Å². The molecule has 0 bridgehead atoms. The number of ether oxygens (including phenoxy) is 1. The zero-order valence-electron chi connectivity index (χ0n) is 15.3. The van der Waals surface area contributed by atoms with E-state index in [1.807, 2.05) is 30.3 Å². The van der Waals surface area contributed by atoms with Crippen LogP contribution in [0.2, 0.25) is 5.02 Å². The fourth-order valence-corrected chi connectivity index (χ4v) is 3.65. The summed E-state index contributed by atoms with van der Waals surface area (Å²) in [5.74, 6) is 1.45. The van der Waals surface area contributed by atoms with Crippen LogP contribution in [0.5, 0.6) is 5.75 Å². The first-order chi connectivity index (χ1) is 13.5. The molecule has 0 amide bonds. The predicted molar refractivity (Wildman–Crippen MR) is 109 cm³/mol. The Morgan fingerprint density at radius 2 is 1.96 bits per heavy atom. The van der Waals surface area contributed by atoms with Gasteiger partial charge in [0.25, 0.3) is 0 Å². The molecule has 2 N–H and O–H groups in total. The number of alkyl halides is 2. The fraction of sp³-hybridized carbons (Fsp3) is 0.316. The van der Waals surface area contributed by atoms with Gasteiger partial charge in [0.05, 0.1) is 0 Å². The monoisotopic (exact) mass is 429 g/mol. The van der Waals surface area contributed by atoms with Crippen LogP contribution in [0.15, 0.2) is 53.5 Å². The number of hydrogen-bond acceptors (Lipinski definition) is 3. The van der Waals surface area contributed by atoms with Crippen molar-refractivity contribution in [3.8, 4) is 5.75 Å². The predicted octanol–water partition coefficient (Wildman–Crippen LogP) is 3.56. The lowest BCUT2D eigenvalue weighted by Gasteiger charge is -2.15. The third-order valence-corrected chi connectivity index (χ3v) is 5.25. The third-order valence-electron chi connectivity index (χ3n) is 3.70. The molecule has 1 unspecified atom stereocenters. The van der Waals surface area contributed by atoms with Crippen LogP contribution in [0.3, 0.4) is 0 Å². The van der Waals surface area contributed by atoms with Gasteiger partial charge in [-0.1, -0.05) is 41.9 Å². The van der Waals surface area contributed by atoms with E-state index in [0.29, 0.717) is 34.6 Å². The first-order valence-electron chi connectivity index (χ1n) is 8.54. The van der Waals surface area contributed by atoms with Crippen molar-refractivity contribution in [3.63, 3.8) is 0 Å². The molecule has 1 atom stereocenters. The van der Waals surface area contributed by atoms with Crippen LogP contribution in [0.4, 0.5) is 8.78 Å². The second-order valence-electron chi connectivity index (χ2n) is 5.76. The van der Waals surface area contributed by atoms with E-state index in [4.69, 9.17) is 11.6 Å². The van der Waals surface area contributed by atoms with E-state index >= 15 is 0 Å². The molecule has 152 valence electrons. The van der Waals surface area contributed by atoms with E-state index in [-0.39, 0.29) is 12.3 Å². The van der Waals surface area contributed by atoms with Crippen molar-refractivity contribution in [1.29, 1.82) is 0 Å². The lowest BCUT2D eigenvalue weighted by Crippen LogP contribution is -2.38. The molecule has 0 heterocycles. The highest BCUT2D eigenvalue weighted by molar-refractivity contribution is 7.84. The quantitative estimate of drug-likeness (QED) is 0.472. The maximum absolute atomic E-state index is 12.5. The summed E-state index contributed by atoms with van der Waals surface area (Å²) in [6.07, 6.45) is 0. The number of benzene rings is 2. The first-order valence-corrected chi connectivity index (χ1v) is 10.4. The molecular weight excluding hydrogens is 408 g/mol. The topological polar surface area (TPSA) is 62.7 Å². The Morgan fingerprint density at radius 3 is 2.64 bits per heavy atom. The van der Waals surface area contributed by atoms with Crippen LogP contribution >= 0.6 is 11.6 Å². The molecule has 28 heavy (non-hydrogen) atoms. The number of aliphatic imine (C=N–C) groups is 1.